The maximum absolute atomic E-state index is 10.3. The third-order valence-corrected chi connectivity index (χ3v) is 2.19. The number of carbonyl (C=O) groups is 1. The second-order valence-electron chi connectivity index (χ2n) is 3.27. The summed E-state index contributed by atoms with van der Waals surface area (Å²) >= 11 is 0. The molecule has 1 heterocycles. The summed E-state index contributed by atoms with van der Waals surface area (Å²) in [4.78, 5) is 10.3. The van der Waals surface area contributed by atoms with Gasteiger partial charge in [0.15, 0.2) is 0 Å². The fourth-order valence-electron chi connectivity index (χ4n) is 1.44. The Morgan fingerprint density at radius 1 is 1.38 bits per heavy atom. The van der Waals surface area contributed by atoms with E-state index in [2.05, 4.69) is 16.7 Å². The van der Waals surface area contributed by atoms with E-state index in [-0.39, 0.29) is 6.42 Å². The molecule has 13 heavy (non-hydrogen) atoms. The maximum atomic E-state index is 10.3. The number of aromatic nitrogens is 1. The molecule has 0 bridgehead atoms. The highest BCUT2D eigenvalue weighted by Crippen LogP contribution is 2.08. The van der Waals surface area contributed by atoms with Crippen molar-refractivity contribution in [1.82, 2.24) is 4.57 Å². The maximum Gasteiger partial charge on any atom is 0.303 e. The Labute approximate surface area is 78.0 Å². The number of nitrogens with zero attached hydrogens (tertiary/aromatic N) is 1. The average molecular weight is 181 g/mol. The Hall–Kier alpha value is -1.25. The van der Waals surface area contributed by atoms with E-state index in [1.807, 2.05) is 13.8 Å². The minimum Gasteiger partial charge on any atom is -0.481 e. The van der Waals surface area contributed by atoms with Crippen LogP contribution in [0, 0.1) is 13.8 Å². The van der Waals surface area contributed by atoms with Gasteiger partial charge in [0.2, 0.25) is 0 Å². The van der Waals surface area contributed by atoms with Gasteiger partial charge in [-0.2, -0.15) is 0 Å². The van der Waals surface area contributed by atoms with Crippen LogP contribution >= 0.6 is 0 Å². The fraction of sp³-hybridized carbons (Fsp3) is 0.500. The predicted molar refractivity (Wildman–Crippen MR) is 50.8 cm³/mol. The summed E-state index contributed by atoms with van der Waals surface area (Å²) in [5.74, 6) is -0.720. The molecule has 0 aliphatic carbocycles. The minimum atomic E-state index is -0.720. The summed E-state index contributed by atoms with van der Waals surface area (Å²) in [6.45, 7) is 4.87. The molecule has 0 aliphatic heterocycles. The summed E-state index contributed by atoms with van der Waals surface area (Å²) < 4.78 is 2.14. The van der Waals surface area contributed by atoms with Gasteiger partial charge >= 0.3 is 5.97 Å². The van der Waals surface area contributed by atoms with Gasteiger partial charge in [0.1, 0.15) is 0 Å². The van der Waals surface area contributed by atoms with Gasteiger partial charge in [-0.3, -0.25) is 4.79 Å². The van der Waals surface area contributed by atoms with Crippen LogP contribution in [0.4, 0.5) is 0 Å². The first-order valence-corrected chi connectivity index (χ1v) is 4.46. The lowest BCUT2D eigenvalue weighted by atomic mass is 10.3. The Morgan fingerprint density at radius 2 is 1.92 bits per heavy atom. The molecule has 0 atom stereocenters. The molecule has 3 nitrogen and oxygen atoms in total. The summed E-state index contributed by atoms with van der Waals surface area (Å²) in [6.07, 6.45) is 0.947. The number of carboxylic acids is 1. The van der Waals surface area contributed by atoms with Gasteiger partial charge in [-0.15, -0.1) is 0 Å². The molecule has 3 heteroatoms. The van der Waals surface area contributed by atoms with Crippen LogP contribution in [0.5, 0.6) is 0 Å². The van der Waals surface area contributed by atoms with Gasteiger partial charge in [0.05, 0.1) is 0 Å². The normalized spacial score (nSPS) is 10.3. The molecule has 0 aromatic carbocycles. The molecule has 0 radical (unpaired) electrons. The second kappa shape index (κ2) is 4.12. The molecule has 0 unspecified atom stereocenters. The second-order valence-corrected chi connectivity index (χ2v) is 3.27. The minimum absolute atomic E-state index is 0.247. The quantitative estimate of drug-likeness (QED) is 0.771. The lowest BCUT2D eigenvalue weighted by Gasteiger charge is -2.07. The van der Waals surface area contributed by atoms with E-state index in [1.165, 1.54) is 11.4 Å². The first-order valence-electron chi connectivity index (χ1n) is 4.46. The Bertz CT molecular complexity index is 282. The number of rotatable bonds is 4. The summed E-state index contributed by atoms with van der Waals surface area (Å²) in [7, 11) is 0. The molecule has 1 aromatic heterocycles. The van der Waals surface area contributed by atoms with Gasteiger partial charge in [-0.25, -0.2) is 0 Å². The van der Waals surface area contributed by atoms with Gasteiger partial charge in [-0.1, -0.05) is 0 Å². The summed E-state index contributed by atoms with van der Waals surface area (Å²) in [6, 6.07) is 4.10. The molecule has 0 spiro atoms. The molecule has 0 fully saturated rings. The van der Waals surface area contributed by atoms with Crippen molar-refractivity contribution in [1.29, 1.82) is 0 Å². The van der Waals surface area contributed by atoms with E-state index in [1.54, 1.807) is 0 Å². The Balaban J connectivity index is 2.49. The third-order valence-electron chi connectivity index (χ3n) is 2.19. The van der Waals surface area contributed by atoms with Crippen molar-refractivity contribution in [2.75, 3.05) is 0 Å². The van der Waals surface area contributed by atoms with Crippen molar-refractivity contribution in [3.8, 4) is 0 Å². The van der Waals surface area contributed by atoms with E-state index in [0.29, 0.717) is 6.42 Å². The number of hydrogen-bond donors (Lipinski definition) is 1. The predicted octanol–water partition coefficient (Wildman–Crippen LogP) is 1.97. The average Bonchev–Trinajstić information content (AvgIpc) is 2.34. The SMILES string of the molecule is Cc1ccc(C)n1CCCC(=O)O. The number of aliphatic carboxylic acids is 1. The molecule has 0 aliphatic rings. The first-order chi connectivity index (χ1) is 6.11. The Kier molecular flexibility index (Phi) is 3.12. The zero-order valence-corrected chi connectivity index (χ0v) is 8.08. The monoisotopic (exact) mass is 181 g/mol. The molecule has 0 saturated carbocycles. The zero-order valence-electron chi connectivity index (χ0n) is 8.08. The molecule has 1 N–H and O–H groups in total. The van der Waals surface area contributed by atoms with E-state index in [4.69, 9.17) is 5.11 Å². The van der Waals surface area contributed by atoms with E-state index in [0.717, 1.165) is 6.54 Å². The first kappa shape index (κ1) is 9.84. The van der Waals surface area contributed by atoms with Gasteiger partial charge in [0, 0.05) is 24.4 Å². The molecule has 72 valence electrons. The largest absolute Gasteiger partial charge is 0.481 e. The lowest BCUT2D eigenvalue weighted by molar-refractivity contribution is -0.137. The third kappa shape index (κ3) is 2.61. The van der Waals surface area contributed by atoms with E-state index < -0.39 is 5.97 Å². The van der Waals surface area contributed by atoms with Crippen LogP contribution in [0.15, 0.2) is 12.1 Å². The number of carboxylic acid groups (broad SMARTS) is 1. The van der Waals surface area contributed by atoms with E-state index >= 15 is 0 Å². The Morgan fingerprint density at radius 3 is 2.38 bits per heavy atom. The highest BCUT2D eigenvalue weighted by Gasteiger charge is 2.01. The molecule has 1 aromatic rings. The molecule has 0 amide bonds. The molecule has 1 rings (SSSR count). The van der Waals surface area contributed by atoms with Crippen LogP contribution in [-0.2, 0) is 11.3 Å². The molecular formula is C10H15NO2. The van der Waals surface area contributed by atoms with E-state index in [9.17, 15) is 4.79 Å². The number of hydrogen-bond acceptors (Lipinski definition) is 1. The van der Waals surface area contributed by atoms with Crippen LogP contribution in [0.3, 0.4) is 0 Å². The number of aryl methyl sites for hydroxylation is 2. The fourth-order valence-corrected chi connectivity index (χ4v) is 1.44. The van der Waals surface area contributed by atoms with Crippen molar-refractivity contribution in [2.24, 2.45) is 0 Å². The van der Waals surface area contributed by atoms with Crippen molar-refractivity contribution in [2.45, 2.75) is 33.2 Å². The van der Waals surface area contributed by atoms with Crippen LogP contribution < -0.4 is 0 Å². The summed E-state index contributed by atoms with van der Waals surface area (Å²) in [5.41, 5.74) is 2.39. The highest BCUT2D eigenvalue weighted by atomic mass is 16.4. The van der Waals surface area contributed by atoms with Crippen molar-refractivity contribution < 1.29 is 9.90 Å². The van der Waals surface area contributed by atoms with Crippen LogP contribution in [0.1, 0.15) is 24.2 Å². The van der Waals surface area contributed by atoms with Gasteiger partial charge in [0.25, 0.3) is 0 Å². The van der Waals surface area contributed by atoms with Crippen LogP contribution in [0.25, 0.3) is 0 Å². The lowest BCUT2D eigenvalue weighted by Crippen LogP contribution is -2.04. The van der Waals surface area contributed by atoms with Gasteiger partial charge < -0.3 is 9.67 Å². The zero-order chi connectivity index (χ0) is 9.84. The summed E-state index contributed by atoms with van der Waals surface area (Å²) in [5, 5.41) is 8.47. The molecule has 0 saturated heterocycles. The van der Waals surface area contributed by atoms with Crippen LogP contribution in [-0.4, -0.2) is 15.6 Å². The van der Waals surface area contributed by atoms with Gasteiger partial charge in [-0.05, 0) is 32.4 Å². The van der Waals surface area contributed by atoms with Crippen molar-refractivity contribution >= 4 is 5.97 Å². The van der Waals surface area contributed by atoms with Crippen molar-refractivity contribution in [3.63, 3.8) is 0 Å². The topological polar surface area (TPSA) is 42.2 Å². The highest BCUT2D eigenvalue weighted by molar-refractivity contribution is 5.66. The van der Waals surface area contributed by atoms with Crippen LogP contribution in [0.2, 0.25) is 0 Å². The standard InChI is InChI=1S/C10H15NO2/c1-8-5-6-9(2)11(8)7-3-4-10(12)13/h5-6H,3-4,7H2,1-2H3,(H,12,13). The smallest absolute Gasteiger partial charge is 0.303 e. The van der Waals surface area contributed by atoms with Crippen molar-refractivity contribution in [3.05, 3.63) is 23.5 Å². The molecular weight excluding hydrogens is 166 g/mol.